The molecule has 1 aromatic heterocycles. The summed E-state index contributed by atoms with van der Waals surface area (Å²) in [6, 6.07) is 8.47. The first-order chi connectivity index (χ1) is 23.1. The van der Waals surface area contributed by atoms with Gasteiger partial charge < -0.3 is 45.2 Å². The zero-order valence-corrected chi connectivity index (χ0v) is 26.6. The SMILES string of the molecule is COC(=O)NCC(NC(=O)c1cc(OCC(=O)N2CCCC2C(=O)NC2CCC2)n(-c2ccccc2)n1)C(=O)N1CCN(C(=O)O)CC1. The Morgan fingerprint density at radius 1 is 0.958 bits per heavy atom. The molecule has 5 rings (SSSR count). The van der Waals surface area contributed by atoms with Gasteiger partial charge in [0.2, 0.25) is 17.7 Å². The molecule has 3 aliphatic rings. The Balaban J connectivity index is 1.29. The Morgan fingerprint density at radius 2 is 1.67 bits per heavy atom. The van der Waals surface area contributed by atoms with E-state index in [2.05, 4.69) is 25.8 Å². The number of hydrogen-bond donors (Lipinski definition) is 4. The number of likely N-dealkylation sites (tertiary alicyclic amines) is 1. The Hall–Kier alpha value is -5.35. The maximum Gasteiger partial charge on any atom is 0.407 e. The number of amides is 6. The van der Waals surface area contributed by atoms with E-state index in [0.717, 1.165) is 26.4 Å². The van der Waals surface area contributed by atoms with Crippen molar-refractivity contribution in [1.82, 2.24) is 40.4 Å². The summed E-state index contributed by atoms with van der Waals surface area (Å²) in [4.78, 5) is 80.3. The molecule has 48 heavy (non-hydrogen) atoms. The number of rotatable bonds is 11. The minimum absolute atomic E-state index is 0.0784. The van der Waals surface area contributed by atoms with Gasteiger partial charge in [0, 0.05) is 44.8 Å². The molecule has 17 nitrogen and oxygen atoms in total. The van der Waals surface area contributed by atoms with Crippen LogP contribution in [-0.4, -0.2) is 137 Å². The summed E-state index contributed by atoms with van der Waals surface area (Å²) in [5, 5.41) is 21.7. The lowest BCUT2D eigenvalue weighted by atomic mass is 9.93. The van der Waals surface area contributed by atoms with Crippen LogP contribution in [0.1, 0.15) is 42.6 Å². The van der Waals surface area contributed by atoms with Gasteiger partial charge in [0.05, 0.1) is 19.3 Å². The number of carboxylic acid groups (broad SMARTS) is 1. The smallest absolute Gasteiger partial charge is 0.407 e. The number of carbonyl (C=O) groups excluding carboxylic acids is 5. The zero-order valence-electron chi connectivity index (χ0n) is 26.6. The first-order valence-corrected chi connectivity index (χ1v) is 15.9. The molecule has 1 aromatic carbocycles. The molecule has 2 aromatic rings. The maximum atomic E-state index is 13.5. The molecule has 4 N–H and O–H groups in total. The summed E-state index contributed by atoms with van der Waals surface area (Å²) < 4.78 is 11.9. The second-order valence-electron chi connectivity index (χ2n) is 11.8. The molecule has 2 aliphatic heterocycles. The summed E-state index contributed by atoms with van der Waals surface area (Å²) in [7, 11) is 1.16. The van der Waals surface area contributed by atoms with Crippen LogP contribution >= 0.6 is 0 Å². The summed E-state index contributed by atoms with van der Waals surface area (Å²) >= 11 is 0. The van der Waals surface area contributed by atoms with Gasteiger partial charge in [0.1, 0.15) is 12.1 Å². The van der Waals surface area contributed by atoms with E-state index in [0.29, 0.717) is 25.1 Å². The van der Waals surface area contributed by atoms with Crippen LogP contribution in [0.5, 0.6) is 5.88 Å². The summed E-state index contributed by atoms with van der Waals surface area (Å²) in [5.41, 5.74) is 0.404. The van der Waals surface area contributed by atoms with E-state index in [1.54, 1.807) is 30.3 Å². The highest BCUT2D eigenvalue weighted by molar-refractivity contribution is 5.97. The van der Waals surface area contributed by atoms with Crippen molar-refractivity contribution in [2.24, 2.45) is 0 Å². The number of nitrogens with zero attached hydrogens (tertiary/aromatic N) is 5. The lowest BCUT2D eigenvalue weighted by Crippen LogP contribution is -2.58. The molecule has 17 heteroatoms. The van der Waals surface area contributed by atoms with Gasteiger partial charge in [0.25, 0.3) is 11.8 Å². The number of piperazine rings is 1. The lowest BCUT2D eigenvalue weighted by molar-refractivity contribution is -0.140. The van der Waals surface area contributed by atoms with Crippen LogP contribution in [0.25, 0.3) is 5.69 Å². The minimum Gasteiger partial charge on any atom is -0.467 e. The van der Waals surface area contributed by atoms with Gasteiger partial charge in [0.15, 0.2) is 12.3 Å². The molecule has 258 valence electrons. The molecular weight excluding hydrogens is 628 g/mol. The van der Waals surface area contributed by atoms with E-state index in [4.69, 9.17) is 4.74 Å². The molecule has 2 saturated heterocycles. The van der Waals surface area contributed by atoms with Crippen LogP contribution < -0.4 is 20.7 Å². The van der Waals surface area contributed by atoms with Crippen molar-refractivity contribution in [2.75, 3.05) is 53.0 Å². The Labute approximate surface area is 276 Å². The predicted molar refractivity (Wildman–Crippen MR) is 167 cm³/mol. The zero-order chi connectivity index (χ0) is 34.2. The van der Waals surface area contributed by atoms with Crippen molar-refractivity contribution in [2.45, 2.75) is 50.2 Å². The fourth-order valence-electron chi connectivity index (χ4n) is 5.77. The number of para-hydroxylation sites is 1. The topological polar surface area (TPSA) is 205 Å². The molecule has 2 unspecified atom stereocenters. The number of ether oxygens (including phenoxy) is 2. The third-order valence-electron chi connectivity index (χ3n) is 8.68. The highest BCUT2D eigenvalue weighted by Gasteiger charge is 2.36. The standard InChI is InChI=1S/C31H40N8O9/c1-47-30(44)32-18-23(29(43)36-13-15-37(16-14-36)31(45)46)34-27(41)22-17-26(39(35-22)21-9-3-2-4-10-21)48-19-25(40)38-12-6-11-24(38)28(42)33-20-7-5-8-20/h2-4,9-10,17,20,23-24H,5-8,11-16,18-19H2,1H3,(H,32,44)(H,33,42)(H,34,41)(H,45,46). The normalized spacial score (nSPS) is 18.4. The van der Waals surface area contributed by atoms with Crippen molar-refractivity contribution in [3.8, 4) is 11.6 Å². The number of alkyl carbamates (subject to hydrolysis) is 1. The Kier molecular flexibility index (Phi) is 11.0. The summed E-state index contributed by atoms with van der Waals surface area (Å²) in [6.45, 7) is 0.108. The molecule has 0 radical (unpaired) electrons. The number of hydrogen-bond acceptors (Lipinski definition) is 9. The average Bonchev–Trinajstić information content (AvgIpc) is 3.75. The van der Waals surface area contributed by atoms with Crippen LogP contribution in [0.15, 0.2) is 36.4 Å². The van der Waals surface area contributed by atoms with E-state index in [-0.39, 0.29) is 62.2 Å². The van der Waals surface area contributed by atoms with E-state index in [1.165, 1.54) is 25.4 Å². The number of methoxy groups -OCH3 is 1. The van der Waals surface area contributed by atoms with Crippen LogP contribution in [0, 0.1) is 0 Å². The lowest BCUT2D eigenvalue weighted by Gasteiger charge is -2.35. The van der Waals surface area contributed by atoms with Gasteiger partial charge in [-0.2, -0.15) is 5.10 Å². The van der Waals surface area contributed by atoms with Crippen LogP contribution in [0.4, 0.5) is 9.59 Å². The highest BCUT2D eigenvalue weighted by atomic mass is 16.5. The largest absolute Gasteiger partial charge is 0.467 e. The van der Waals surface area contributed by atoms with Crippen LogP contribution in [-0.2, 0) is 19.1 Å². The van der Waals surface area contributed by atoms with E-state index in [1.807, 2.05) is 0 Å². The van der Waals surface area contributed by atoms with Crippen molar-refractivity contribution in [3.63, 3.8) is 0 Å². The quantitative estimate of drug-likeness (QED) is 0.256. The first-order valence-electron chi connectivity index (χ1n) is 15.9. The number of aromatic nitrogens is 2. The molecule has 3 heterocycles. The van der Waals surface area contributed by atoms with Crippen molar-refractivity contribution < 1.29 is 43.3 Å². The fourth-order valence-corrected chi connectivity index (χ4v) is 5.77. The third kappa shape index (κ3) is 8.13. The fraction of sp³-hybridized carbons (Fsp3) is 0.516. The second-order valence-corrected chi connectivity index (χ2v) is 11.8. The van der Waals surface area contributed by atoms with Gasteiger partial charge in [-0.3, -0.25) is 19.2 Å². The van der Waals surface area contributed by atoms with Gasteiger partial charge >= 0.3 is 12.2 Å². The highest BCUT2D eigenvalue weighted by Crippen LogP contribution is 2.23. The van der Waals surface area contributed by atoms with Gasteiger partial charge in [-0.25, -0.2) is 14.3 Å². The summed E-state index contributed by atoms with van der Waals surface area (Å²) in [6.07, 6.45) is 2.31. The molecule has 1 saturated carbocycles. The summed E-state index contributed by atoms with van der Waals surface area (Å²) in [5.74, 6) is -1.75. The van der Waals surface area contributed by atoms with E-state index >= 15 is 0 Å². The molecule has 0 spiro atoms. The number of benzene rings is 1. The number of carbonyl (C=O) groups is 6. The Bertz CT molecular complexity index is 1500. The van der Waals surface area contributed by atoms with Gasteiger partial charge in [-0.15, -0.1) is 0 Å². The van der Waals surface area contributed by atoms with Crippen molar-refractivity contribution in [3.05, 3.63) is 42.1 Å². The molecule has 2 atom stereocenters. The van der Waals surface area contributed by atoms with Crippen molar-refractivity contribution in [1.29, 1.82) is 0 Å². The first kappa shape index (κ1) is 34.0. The molecule has 1 aliphatic carbocycles. The minimum atomic E-state index is -1.24. The number of nitrogens with one attached hydrogen (secondary N) is 3. The van der Waals surface area contributed by atoms with Crippen molar-refractivity contribution >= 4 is 35.8 Å². The third-order valence-corrected chi connectivity index (χ3v) is 8.68. The Morgan fingerprint density at radius 3 is 2.31 bits per heavy atom. The molecule has 0 bridgehead atoms. The second kappa shape index (κ2) is 15.5. The van der Waals surface area contributed by atoms with Crippen LogP contribution in [0.2, 0.25) is 0 Å². The van der Waals surface area contributed by atoms with Gasteiger partial charge in [-0.05, 0) is 44.2 Å². The molecule has 3 fully saturated rings. The van der Waals surface area contributed by atoms with Gasteiger partial charge in [-0.1, -0.05) is 18.2 Å². The molecular formula is C31H40N8O9. The maximum absolute atomic E-state index is 13.5. The monoisotopic (exact) mass is 668 g/mol. The van der Waals surface area contributed by atoms with Crippen LogP contribution in [0.3, 0.4) is 0 Å². The molecule has 6 amide bonds. The average molecular weight is 669 g/mol. The van der Waals surface area contributed by atoms with E-state index in [9.17, 15) is 33.9 Å². The van der Waals surface area contributed by atoms with E-state index < -0.39 is 42.7 Å². The predicted octanol–water partition coefficient (Wildman–Crippen LogP) is 0.187.